The van der Waals surface area contributed by atoms with Crippen LogP contribution in [0.3, 0.4) is 0 Å². The zero-order valence-corrected chi connectivity index (χ0v) is 14.6. The van der Waals surface area contributed by atoms with Crippen molar-refractivity contribution in [3.05, 3.63) is 34.5 Å². The van der Waals surface area contributed by atoms with Crippen molar-refractivity contribution in [2.24, 2.45) is 5.92 Å². The molecular formula is C18H20FNO3S. The van der Waals surface area contributed by atoms with Crippen molar-refractivity contribution in [2.75, 3.05) is 19.7 Å². The maximum absolute atomic E-state index is 13.9. The third-order valence-electron chi connectivity index (χ3n) is 4.42. The molecule has 1 aliphatic heterocycles. The zero-order chi connectivity index (χ0) is 17.3. The van der Waals surface area contributed by atoms with Gasteiger partial charge in [-0.05, 0) is 43.4 Å². The number of fused-ring (bicyclic) bond motifs is 1. The van der Waals surface area contributed by atoms with Gasteiger partial charge in [0.1, 0.15) is 10.7 Å². The number of likely N-dealkylation sites (tertiary alicyclic amines) is 1. The fourth-order valence-electron chi connectivity index (χ4n) is 3.15. The molecule has 128 valence electrons. The molecule has 1 atom stereocenters. The van der Waals surface area contributed by atoms with Gasteiger partial charge in [0.25, 0.3) is 5.91 Å². The van der Waals surface area contributed by atoms with E-state index in [1.54, 1.807) is 24.0 Å². The molecule has 0 spiro atoms. The highest BCUT2D eigenvalue weighted by atomic mass is 32.1. The number of rotatable bonds is 3. The van der Waals surface area contributed by atoms with Gasteiger partial charge in [-0.2, -0.15) is 0 Å². The maximum Gasteiger partial charge on any atom is 0.349 e. The Kier molecular flexibility index (Phi) is 4.85. The van der Waals surface area contributed by atoms with Crippen molar-refractivity contribution in [1.82, 2.24) is 4.90 Å². The van der Waals surface area contributed by atoms with Crippen LogP contribution in [0.25, 0.3) is 10.1 Å². The molecule has 1 saturated heterocycles. The van der Waals surface area contributed by atoms with Gasteiger partial charge in [-0.15, -0.1) is 11.3 Å². The Balaban J connectivity index is 1.68. The largest absolute Gasteiger partial charge is 0.451 e. The van der Waals surface area contributed by atoms with E-state index in [2.05, 4.69) is 6.92 Å². The van der Waals surface area contributed by atoms with Gasteiger partial charge in [-0.3, -0.25) is 4.79 Å². The summed E-state index contributed by atoms with van der Waals surface area (Å²) in [7, 11) is 0. The van der Waals surface area contributed by atoms with E-state index in [4.69, 9.17) is 4.74 Å². The first-order chi connectivity index (χ1) is 11.5. The Morgan fingerprint density at radius 3 is 2.92 bits per heavy atom. The maximum atomic E-state index is 13.9. The highest BCUT2D eigenvalue weighted by molar-refractivity contribution is 7.21. The summed E-state index contributed by atoms with van der Waals surface area (Å²) in [6.07, 6.45) is 2.10. The topological polar surface area (TPSA) is 46.6 Å². The molecule has 1 aliphatic rings. The molecule has 1 amide bonds. The average Bonchev–Trinajstić information content (AvgIpc) is 2.90. The van der Waals surface area contributed by atoms with Gasteiger partial charge in [-0.1, -0.05) is 13.0 Å². The number of esters is 1. The molecule has 1 aromatic carbocycles. The number of piperidine rings is 1. The number of ether oxygens (including phenoxy) is 1. The van der Waals surface area contributed by atoms with E-state index < -0.39 is 5.97 Å². The predicted molar refractivity (Wildman–Crippen MR) is 91.8 cm³/mol. The van der Waals surface area contributed by atoms with Crippen molar-refractivity contribution in [3.8, 4) is 0 Å². The fourth-order valence-corrected chi connectivity index (χ4v) is 4.26. The molecular weight excluding hydrogens is 329 g/mol. The Bertz CT molecular complexity index is 786. The number of aryl methyl sites for hydroxylation is 1. The Morgan fingerprint density at radius 1 is 1.42 bits per heavy atom. The van der Waals surface area contributed by atoms with Gasteiger partial charge in [0.15, 0.2) is 6.61 Å². The van der Waals surface area contributed by atoms with Gasteiger partial charge in [-0.25, -0.2) is 9.18 Å². The standard InChI is InChI=1S/C18H20FNO3S/c1-11-5-4-8-20(9-11)15(21)10-23-18(22)17-12(2)16-13(19)6-3-7-14(16)24-17/h3,6-7,11H,4-5,8-10H2,1-2H3/t11-/m1/s1. The summed E-state index contributed by atoms with van der Waals surface area (Å²) in [4.78, 5) is 26.6. The Morgan fingerprint density at radius 2 is 2.21 bits per heavy atom. The second-order valence-electron chi connectivity index (χ2n) is 6.33. The van der Waals surface area contributed by atoms with Crippen LogP contribution in [0.5, 0.6) is 0 Å². The zero-order valence-electron chi connectivity index (χ0n) is 13.8. The molecule has 0 unspecified atom stereocenters. The van der Waals surface area contributed by atoms with Crippen LogP contribution in [0.2, 0.25) is 0 Å². The molecule has 1 aromatic heterocycles. The lowest BCUT2D eigenvalue weighted by molar-refractivity contribution is -0.136. The van der Waals surface area contributed by atoms with E-state index in [-0.39, 0.29) is 18.3 Å². The molecule has 0 radical (unpaired) electrons. The molecule has 0 bridgehead atoms. The van der Waals surface area contributed by atoms with Crippen molar-refractivity contribution in [1.29, 1.82) is 0 Å². The van der Waals surface area contributed by atoms with E-state index in [1.807, 2.05) is 0 Å². The molecule has 4 nitrogen and oxygen atoms in total. The van der Waals surface area contributed by atoms with Crippen molar-refractivity contribution in [3.63, 3.8) is 0 Å². The normalized spacial score (nSPS) is 18.0. The predicted octanol–water partition coefficient (Wildman–Crippen LogP) is 3.76. The lowest BCUT2D eigenvalue weighted by atomic mass is 10.0. The highest BCUT2D eigenvalue weighted by Gasteiger charge is 2.24. The molecule has 2 aromatic rings. The minimum atomic E-state index is -0.563. The summed E-state index contributed by atoms with van der Waals surface area (Å²) in [5.74, 6) is -0.601. The van der Waals surface area contributed by atoms with E-state index >= 15 is 0 Å². The third-order valence-corrected chi connectivity index (χ3v) is 5.66. The number of nitrogens with zero attached hydrogens (tertiary/aromatic N) is 1. The number of thiophene rings is 1. The number of halogens is 1. The van der Waals surface area contributed by atoms with Crippen molar-refractivity contribution >= 4 is 33.3 Å². The van der Waals surface area contributed by atoms with Gasteiger partial charge in [0.05, 0.1) is 0 Å². The molecule has 1 fully saturated rings. The number of carbonyl (C=O) groups excluding carboxylic acids is 2. The Hall–Kier alpha value is -1.95. The summed E-state index contributed by atoms with van der Waals surface area (Å²) in [5, 5.41) is 0.450. The lowest BCUT2D eigenvalue weighted by Gasteiger charge is -2.30. The molecule has 24 heavy (non-hydrogen) atoms. The van der Waals surface area contributed by atoms with E-state index in [1.165, 1.54) is 17.4 Å². The summed E-state index contributed by atoms with van der Waals surface area (Å²) >= 11 is 1.19. The molecule has 3 rings (SSSR count). The molecule has 0 N–H and O–H groups in total. The number of benzene rings is 1. The number of amides is 1. The first kappa shape index (κ1) is 16.9. The van der Waals surface area contributed by atoms with Crippen LogP contribution in [0.1, 0.15) is 35.0 Å². The molecule has 6 heteroatoms. The van der Waals surface area contributed by atoms with Crippen LogP contribution >= 0.6 is 11.3 Å². The van der Waals surface area contributed by atoms with Crippen molar-refractivity contribution in [2.45, 2.75) is 26.7 Å². The SMILES string of the molecule is Cc1c(C(=O)OCC(=O)N2CCC[C@@H](C)C2)sc2cccc(F)c12. The van der Waals surface area contributed by atoms with E-state index in [9.17, 15) is 14.0 Å². The average molecular weight is 349 g/mol. The smallest absolute Gasteiger partial charge is 0.349 e. The summed E-state index contributed by atoms with van der Waals surface area (Å²) in [6, 6.07) is 4.76. The summed E-state index contributed by atoms with van der Waals surface area (Å²) in [5.41, 5.74) is 0.567. The van der Waals surface area contributed by atoms with Crippen molar-refractivity contribution < 1.29 is 18.7 Å². The minimum absolute atomic E-state index is 0.167. The van der Waals surface area contributed by atoms with Gasteiger partial charge >= 0.3 is 5.97 Å². The number of carbonyl (C=O) groups is 2. The van der Waals surface area contributed by atoms with Crippen LogP contribution in [0.15, 0.2) is 18.2 Å². The highest BCUT2D eigenvalue weighted by Crippen LogP contribution is 2.33. The van der Waals surface area contributed by atoms with Crippen LogP contribution < -0.4 is 0 Å². The van der Waals surface area contributed by atoms with Crippen LogP contribution in [0, 0.1) is 18.7 Å². The quantitative estimate of drug-likeness (QED) is 0.793. The second kappa shape index (κ2) is 6.89. The molecule has 0 saturated carbocycles. The third kappa shape index (κ3) is 3.29. The summed E-state index contributed by atoms with van der Waals surface area (Å²) < 4.78 is 19.8. The minimum Gasteiger partial charge on any atom is -0.451 e. The van der Waals surface area contributed by atoms with Gasteiger partial charge in [0.2, 0.25) is 0 Å². The van der Waals surface area contributed by atoms with E-state index in [0.717, 1.165) is 12.8 Å². The molecule has 0 aliphatic carbocycles. The fraction of sp³-hybridized carbons (Fsp3) is 0.444. The van der Waals surface area contributed by atoms with Gasteiger partial charge < -0.3 is 9.64 Å². The van der Waals surface area contributed by atoms with Crippen LogP contribution in [-0.2, 0) is 9.53 Å². The lowest BCUT2D eigenvalue weighted by Crippen LogP contribution is -2.41. The number of hydrogen-bond donors (Lipinski definition) is 0. The number of hydrogen-bond acceptors (Lipinski definition) is 4. The Labute approximate surface area is 144 Å². The van der Waals surface area contributed by atoms with Crippen LogP contribution in [0.4, 0.5) is 4.39 Å². The first-order valence-electron chi connectivity index (χ1n) is 8.10. The van der Waals surface area contributed by atoms with Crippen LogP contribution in [-0.4, -0.2) is 36.5 Å². The monoisotopic (exact) mass is 349 g/mol. The first-order valence-corrected chi connectivity index (χ1v) is 8.91. The summed E-state index contributed by atoms with van der Waals surface area (Å²) in [6.45, 7) is 4.98. The molecule has 2 heterocycles. The second-order valence-corrected chi connectivity index (χ2v) is 7.38. The van der Waals surface area contributed by atoms with E-state index in [0.29, 0.717) is 39.5 Å². The van der Waals surface area contributed by atoms with Gasteiger partial charge in [0, 0.05) is 23.2 Å².